The summed E-state index contributed by atoms with van der Waals surface area (Å²) in [4.78, 5) is 11.1. The van der Waals surface area contributed by atoms with Gasteiger partial charge in [0.1, 0.15) is 0 Å². The lowest BCUT2D eigenvalue weighted by Crippen LogP contribution is -2.40. The first-order valence-corrected chi connectivity index (χ1v) is 5.09. The number of nitrogens with two attached hydrogens (primary N) is 1. The quantitative estimate of drug-likeness (QED) is 0.468. The highest BCUT2D eigenvalue weighted by Crippen LogP contribution is 2.06. The van der Waals surface area contributed by atoms with E-state index >= 15 is 0 Å². The molecule has 1 fully saturated rings. The molecule has 0 saturated carbocycles. The first-order valence-electron chi connectivity index (χ1n) is 3.54. The van der Waals surface area contributed by atoms with Crippen LogP contribution in [0.3, 0.4) is 0 Å². The van der Waals surface area contributed by atoms with Gasteiger partial charge in [-0.1, -0.05) is 0 Å². The van der Waals surface area contributed by atoms with Crippen molar-refractivity contribution >= 4 is 16.1 Å². The van der Waals surface area contributed by atoms with Crippen molar-refractivity contribution in [2.45, 2.75) is 6.42 Å². The minimum absolute atomic E-state index is 0.275. The zero-order chi connectivity index (χ0) is 9.19. The Labute approximate surface area is 70.7 Å². The van der Waals surface area contributed by atoms with E-state index in [0.29, 0.717) is 13.0 Å². The van der Waals surface area contributed by atoms with Crippen molar-refractivity contribution in [2.24, 2.45) is 11.1 Å². The van der Waals surface area contributed by atoms with Gasteiger partial charge in [-0.3, -0.25) is 4.79 Å². The zero-order valence-electron chi connectivity index (χ0n) is 6.41. The Morgan fingerprint density at radius 2 is 2.25 bits per heavy atom. The fraction of sp³-hybridized carbons (Fsp3) is 0.800. The number of nitrogens with one attached hydrogen (secondary N) is 2. The maximum absolute atomic E-state index is 11.1. The van der Waals surface area contributed by atoms with Crippen LogP contribution < -0.4 is 15.2 Å². The molecule has 0 unspecified atom stereocenters. The van der Waals surface area contributed by atoms with Crippen molar-refractivity contribution < 1.29 is 13.2 Å². The van der Waals surface area contributed by atoms with Crippen molar-refractivity contribution in [2.75, 3.05) is 13.1 Å². The normalized spacial score (nSPS) is 23.9. The molecule has 0 spiro atoms. The molecular formula is C5H11N3O3S. The largest absolute Gasteiger partial charge is 0.316 e. The fourth-order valence-electron chi connectivity index (χ4n) is 1.10. The van der Waals surface area contributed by atoms with Crippen LogP contribution in [0.5, 0.6) is 0 Å². The van der Waals surface area contributed by atoms with Gasteiger partial charge in [-0.05, 0) is 13.0 Å². The Kier molecular flexibility index (Phi) is 2.65. The summed E-state index contributed by atoms with van der Waals surface area (Å²) in [6.45, 7) is 1.25. The topological polar surface area (TPSA) is 101 Å². The van der Waals surface area contributed by atoms with E-state index in [1.54, 1.807) is 4.72 Å². The molecule has 1 atom stereocenters. The molecule has 1 heterocycles. The van der Waals surface area contributed by atoms with E-state index in [2.05, 4.69) is 10.5 Å². The monoisotopic (exact) mass is 193 g/mol. The van der Waals surface area contributed by atoms with E-state index in [0.717, 1.165) is 6.54 Å². The average molecular weight is 193 g/mol. The maximum atomic E-state index is 11.1. The molecule has 0 aromatic carbocycles. The smallest absolute Gasteiger partial charge is 0.298 e. The Balaban J connectivity index is 2.48. The second-order valence-electron chi connectivity index (χ2n) is 2.70. The first kappa shape index (κ1) is 9.43. The molecule has 1 amide bonds. The van der Waals surface area contributed by atoms with Crippen molar-refractivity contribution in [1.82, 2.24) is 10.0 Å². The summed E-state index contributed by atoms with van der Waals surface area (Å²) < 4.78 is 22.6. The number of carbonyl (C=O) groups is 1. The summed E-state index contributed by atoms with van der Waals surface area (Å²) in [5, 5.41) is 7.57. The van der Waals surface area contributed by atoms with Gasteiger partial charge < -0.3 is 5.32 Å². The van der Waals surface area contributed by atoms with Gasteiger partial charge in [-0.2, -0.15) is 8.42 Å². The molecule has 70 valence electrons. The van der Waals surface area contributed by atoms with Gasteiger partial charge >= 0.3 is 0 Å². The van der Waals surface area contributed by atoms with Gasteiger partial charge in [0.05, 0.1) is 5.92 Å². The standard InChI is InChI=1S/C5H11N3O3S/c6-12(10,11)8-5(9)4-1-2-7-3-4/h4,7H,1-3H2,(H,8,9)(H2,6,10,11)/t4-/m0/s1. The molecule has 6 nitrogen and oxygen atoms in total. The van der Waals surface area contributed by atoms with Crippen LogP contribution in [0.15, 0.2) is 0 Å². The highest BCUT2D eigenvalue weighted by Gasteiger charge is 2.24. The molecular weight excluding hydrogens is 182 g/mol. The van der Waals surface area contributed by atoms with Gasteiger partial charge in [0.2, 0.25) is 5.91 Å². The molecule has 1 aliphatic rings. The van der Waals surface area contributed by atoms with Gasteiger partial charge in [-0.15, -0.1) is 0 Å². The average Bonchev–Trinajstić information content (AvgIpc) is 2.32. The summed E-state index contributed by atoms with van der Waals surface area (Å²) in [7, 11) is -3.89. The SMILES string of the molecule is NS(=O)(=O)NC(=O)[C@H]1CCNC1. The molecule has 7 heteroatoms. The molecule has 0 aliphatic carbocycles. The van der Waals surface area contributed by atoms with Crippen LogP contribution in [0.4, 0.5) is 0 Å². The number of hydrogen-bond donors (Lipinski definition) is 3. The molecule has 1 saturated heterocycles. The lowest BCUT2D eigenvalue weighted by molar-refractivity contribution is -0.122. The number of rotatable bonds is 2. The Morgan fingerprint density at radius 3 is 2.67 bits per heavy atom. The van der Waals surface area contributed by atoms with E-state index in [1.165, 1.54) is 0 Å². The van der Waals surface area contributed by atoms with Crippen molar-refractivity contribution in [3.63, 3.8) is 0 Å². The van der Waals surface area contributed by atoms with Crippen LogP contribution in [0, 0.1) is 5.92 Å². The van der Waals surface area contributed by atoms with Crippen molar-refractivity contribution in [3.05, 3.63) is 0 Å². The van der Waals surface area contributed by atoms with Crippen LogP contribution in [0.1, 0.15) is 6.42 Å². The molecule has 0 aromatic rings. The minimum atomic E-state index is -3.89. The summed E-state index contributed by atoms with van der Waals surface area (Å²) in [5.41, 5.74) is 0. The van der Waals surface area contributed by atoms with Crippen LogP contribution >= 0.6 is 0 Å². The third kappa shape index (κ3) is 2.76. The highest BCUT2D eigenvalue weighted by molar-refractivity contribution is 7.87. The minimum Gasteiger partial charge on any atom is -0.316 e. The molecule has 1 rings (SSSR count). The Bertz CT molecular complexity index is 268. The third-order valence-electron chi connectivity index (χ3n) is 1.67. The molecule has 4 N–H and O–H groups in total. The van der Waals surface area contributed by atoms with Gasteiger partial charge in [0.15, 0.2) is 0 Å². The number of carbonyl (C=O) groups excluding carboxylic acids is 1. The second-order valence-corrected chi connectivity index (χ2v) is 4.00. The van der Waals surface area contributed by atoms with Crippen molar-refractivity contribution in [3.8, 4) is 0 Å². The van der Waals surface area contributed by atoms with E-state index in [4.69, 9.17) is 0 Å². The summed E-state index contributed by atoms with van der Waals surface area (Å²) in [6, 6.07) is 0. The molecule has 0 bridgehead atoms. The predicted octanol–water partition coefficient (Wildman–Crippen LogP) is -2.08. The Morgan fingerprint density at radius 1 is 1.58 bits per heavy atom. The lowest BCUT2D eigenvalue weighted by Gasteiger charge is -2.06. The van der Waals surface area contributed by atoms with E-state index in [-0.39, 0.29) is 5.92 Å². The number of amides is 1. The zero-order valence-corrected chi connectivity index (χ0v) is 7.23. The van der Waals surface area contributed by atoms with E-state index in [1.807, 2.05) is 0 Å². The predicted molar refractivity (Wildman–Crippen MR) is 42.2 cm³/mol. The Hall–Kier alpha value is -0.660. The van der Waals surface area contributed by atoms with Gasteiger partial charge in [0.25, 0.3) is 10.2 Å². The highest BCUT2D eigenvalue weighted by atomic mass is 32.2. The fourth-order valence-corrected chi connectivity index (χ4v) is 1.55. The lowest BCUT2D eigenvalue weighted by atomic mass is 10.1. The third-order valence-corrected chi connectivity index (χ3v) is 2.16. The number of hydrogen-bond acceptors (Lipinski definition) is 4. The summed E-state index contributed by atoms with van der Waals surface area (Å²) in [6.07, 6.45) is 0.654. The van der Waals surface area contributed by atoms with Crippen molar-refractivity contribution in [1.29, 1.82) is 0 Å². The maximum Gasteiger partial charge on any atom is 0.298 e. The first-order chi connectivity index (χ1) is 5.49. The van der Waals surface area contributed by atoms with Crippen LogP contribution in [-0.4, -0.2) is 27.4 Å². The molecule has 1 aliphatic heterocycles. The van der Waals surface area contributed by atoms with Gasteiger partial charge in [0, 0.05) is 6.54 Å². The summed E-state index contributed by atoms with van der Waals surface area (Å²) in [5.74, 6) is -0.800. The summed E-state index contributed by atoms with van der Waals surface area (Å²) >= 11 is 0. The second kappa shape index (κ2) is 3.38. The van der Waals surface area contributed by atoms with E-state index < -0.39 is 16.1 Å². The van der Waals surface area contributed by atoms with Crippen LogP contribution in [0.2, 0.25) is 0 Å². The van der Waals surface area contributed by atoms with E-state index in [9.17, 15) is 13.2 Å². The van der Waals surface area contributed by atoms with Gasteiger partial charge in [-0.25, -0.2) is 9.86 Å². The van der Waals surface area contributed by atoms with Crippen LogP contribution in [-0.2, 0) is 15.0 Å². The molecule has 12 heavy (non-hydrogen) atoms. The van der Waals surface area contributed by atoms with Crippen LogP contribution in [0.25, 0.3) is 0 Å². The molecule has 0 radical (unpaired) electrons. The molecule has 0 aromatic heterocycles.